The predicted molar refractivity (Wildman–Crippen MR) is 553 cm³/mol. The van der Waals surface area contributed by atoms with Gasteiger partial charge in [0, 0.05) is 98.8 Å². The Bertz CT molecular complexity index is 9610. The van der Waals surface area contributed by atoms with Crippen molar-refractivity contribution in [3.63, 3.8) is 0 Å². The fraction of sp³-hybridized carbons (Fsp3) is 0. The molecule has 0 bridgehead atoms. The third kappa shape index (κ3) is 11.3. The lowest BCUT2D eigenvalue weighted by molar-refractivity contribution is 1.17. The van der Waals surface area contributed by atoms with Crippen LogP contribution < -0.4 is 0 Å². The smallest absolute Gasteiger partial charge is 0.0542 e. The SMILES string of the molecule is c1cc(-c2ccc3c(ccc4ccccc43)c2)cc(-n2c3ccccc3c3cc(-n4c5ccccc5c5ccccc54)ccc32)c1.c1ccc2c(c1)c1ccccc1c1cc(-n3c4ccccc4c4cc(-n5c6ccccc6c6ccccc65)ccc43)ccc21.c1ccc2c(c1)ccc1cc(-n3c4ccccc4c4cc(-n5c6ccccc6c6ccccc65)ccc43)ccc12. The summed E-state index contributed by atoms with van der Waals surface area (Å²) in [7, 11) is 0. The maximum atomic E-state index is 2.43. The second-order valence-electron chi connectivity index (χ2n) is 34.6. The first-order valence-electron chi connectivity index (χ1n) is 44.9. The summed E-state index contributed by atoms with van der Waals surface area (Å²) in [6.07, 6.45) is 0. The van der Waals surface area contributed by atoms with Gasteiger partial charge < -0.3 is 27.4 Å². The zero-order valence-electron chi connectivity index (χ0n) is 70.7. The second-order valence-corrected chi connectivity index (χ2v) is 34.6. The number of rotatable bonds is 7. The number of hydrogen-bond acceptors (Lipinski definition) is 0. The Hall–Kier alpha value is -17.3. The van der Waals surface area contributed by atoms with Crippen LogP contribution in [0.4, 0.5) is 0 Å². The molecular formula is C124H78N6. The summed E-state index contributed by atoms with van der Waals surface area (Å²) in [6, 6.07) is 173. The molecule has 0 radical (unpaired) electrons. The van der Waals surface area contributed by atoms with Crippen molar-refractivity contribution in [2.45, 2.75) is 0 Å². The van der Waals surface area contributed by atoms with Gasteiger partial charge >= 0.3 is 0 Å². The Morgan fingerprint density at radius 1 is 0.0923 bits per heavy atom. The molecule has 0 saturated heterocycles. The molecule has 130 heavy (non-hydrogen) atoms. The molecule has 6 heterocycles. The maximum Gasteiger partial charge on any atom is 0.0542 e. The molecule has 0 fully saturated rings. The average Bonchev–Trinajstić information content (AvgIpc) is 1.67. The van der Waals surface area contributed by atoms with E-state index in [1.807, 2.05) is 0 Å². The van der Waals surface area contributed by atoms with E-state index in [1.165, 1.54) is 246 Å². The summed E-state index contributed by atoms with van der Waals surface area (Å²) < 4.78 is 14.5. The number of fused-ring (bicyclic) bond motifs is 30. The Morgan fingerprint density at radius 2 is 0.300 bits per heavy atom. The predicted octanol–water partition coefficient (Wildman–Crippen LogP) is 33.4. The molecule has 0 aliphatic heterocycles. The summed E-state index contributed by atoms with van der Waals surface area (Å²) in [6.45, 7) is 0. The molecule has 604 valence electrons. The fourth-order valence-electron chi connectivity index (χ4n) is 21.9. The lowest BCUT2D eigenvalue weighted by atomic mass is 9.94. The highest BCUT2D eigenvalue weighted by molar-refractivity contribution is 6.26. The van der Waals surface area contributed by atoms with Gasteiger partial charge in [0.25, 0.3) is 0 Å². The van der Waals surface area contributed by atoms with Crippen molar-refractivity contribution in [2.75, 3.05) is 0 Å². The lowest BCUT2D eigenvalue weighted by Crippen LogP contribution is -1.96. The number of hydrogen-bond donors (Lipinski definition) is 0. The first-order chi connectivity index (χ1) is 64.5. The third-order valence-electron chi connectivity index (χ3n) is 27.6. The van der Waals surface area contributed by atoms with Gasteiger partial charge in [0.1, 0.15) is 0 Å². The van der Waals surface area contributed by atoms with Crippen LogP contribution in [-0.4, -0.2) is 27.4 Å². The molecular weight excluding hydrogens is 1570 g/mol. The van der Waals surface area contributed by atoms with Crippen LogP contribution in [0.25, 0.3) is 251 Å². The topological polar surface area (TPSA) is 29.6 Å². The minimum atomic E-state index is 1.16. The van der Waals surface area contributed by atoms with Gasteiger partial charge in [-0.1, -0.05) is 322 Å². The Morgan fingerprint density at radius 3 is 0.646 bits per heavy atom. The summed E-state index contributed by atoms with van der Waals surface area (Å²) in [4.78, 5) is 0. The molecule has 0 amide bonds. The van der Waals surface area contributed by atoms with Crippen LogP contribution in [0.3, 0.4) is 0 Å². The number of benzene rings is 23. The monoisotopic (exact) mass is 1650 g/mol. The Kier molecular flexibility index (Phi) is 16.4. The molecule has 0 aliphatic carbocycles. The van der Waals surface area contributed by atoms with Gasteiger partial charge in [0.15, 0.2) is 0 Å². The third-order valence-corrected chi connectivity index (χ3v) is 27.6. The number of aromatic nitrogens is 6. The molecule has 29 aromatic rings. The highest BCUT2D eigenvalue weighted by Gasteiger charge is 2.23. The minimum absolute atomic E-state index is 1.16. The molecule has 0 atom stereocenters. The van der Waals surface area contributed by atoms with Crippen molar-refractivity contribution in [3.8, 4) is 45.3 Å². The van der Waals surface area contributed by atoms with Crippen LogP contribution in [0.5, 0.6) is 0 Å². The van der Waals surface area contributed by atoms with E-state index in [0.29, 0.717) is 0 Å². The summed E-state index contributed by atoms with van der Waals surface area (Å²) in [5, 5.41) is 33.2. The molecule has 0 unspecified atom stereocenters. The largest absolute Gasteiger partial charge is 0.309 e. The highest BCUT2D eigenvalue weighted by atomic mass is 15.0. The van der Waals surface area contributed by atoms with Gasteiger partial charge in [-0.05, 0) is 238 Å². The molecule has 6 aromatic heterocycles. The standard InChI is InChI=1S/C44H28N2.C42H26N2.C38H24N2/c1-2-13-35-29(10-1)20-21-32-26-31(22-24-36(32)35)30-11-9-12-33(27-30)45-43-19-8-5-16-39(43)40-28-34(23-25-44(40)45)46-41-17-6-3-14-37(41)38-15-4-7-18-42(38)46;1-2-13-31-29(11-1)30-12-3-4-14-32(30)37-25-27(21-23-33(31)37)44-41-20-10-7-17-36(41)38-26-28(22-24-42(38)44)43-39-18-8-5-15-34(39)35-16-6-9-19-40(35)43;1-2-10-29-25(9-1)17-18-26-23-27(19-21-30(26)29)39-37-16-8-5-13-33(37)34-24-28(20-22-38(34)39)40-35-14-6-3-11-31(35)32-12-4-7-15-36(32)40/h1-28H;1-26H;1-24H. The number of nitrogens with zero attached hydrogens (tertiary/aromatic N) is 6. The summed E-state index contributed by atoms with van der Waals surface area (Å²) >= 11 is 0. The van der Waals surface area contributed by atoms with Crippen LogP contribution >= 0.6 is 0 Å². The lowest BCUT2D eigenvalue weighted by Gasteiger charge is -2.14. The van der Waals surface area contributed by atoms with Gasteiger partial charge in [-0.15, -0.1) is 0 Å². The first kappa shape index (κ1) is 73.1. The molecule has 0 aliphatic rings. The van der Waals surface area contributed by atoms with E-state index in [-0.39, 0.29) is 0 Å². The maximum absolute atomic E-state index is 2.43. The van der Waals surface area contributed by atoms with Crippen LogP contribution in [0.1, 0.15) is 0 Å². The van der Waals surface area contributed by atoms with Gasteiger partial charge in [-0.2, -0.15) is 0 Å². The van der Waals surface area contributed by atoms with E-state index < -0.39 is 0 Å². The molecule has 6 heteroatoms. The van der Waals surface area contributed by atoms with Crippen molar-refractivity contribution in [2.24, 2.45) is 0 Å². The van der Waals surface area contributed by atoms with Crippen LogP contribution in [-0.2, 0) is 0 Å². The minimum Gasteiger partial charge on any atom is -0.309 e. The Balaban J connectivity index is 0.000000101. The van der Waals surface area contributed by atoms with Gasteiger partial charge in [0.2, 0.25) is 0 Å². The highest BCUT2D eigenvalue weighted by Crippen LogP contribution is 2.45. The number of para-hydroxylation sites is 9. The molecule has 0 saturated carbocycles. The van der Waals surface area contributed by atoms with Crippen molar-refractivity contribution in [1.29, 1.82) is 0 Å². The van der Waals surface area contributed by atoms with Gasteiger partial charge in [0.05, 0.1) is 66.2 Å². The van der Waals surface area contributed by atoms with Crippen molar-refractivity contribution in [1.82, 2.24) is 27.4 Å². The van der Waals surface area contributed by atoms with Crippen molar-refractivity contribution >= 4 is 206 Å². The normalized spacial score (nSPS) is 12.0. The van der Waals surface area contributed by atoms with E-state index in [9.17, 15) is 0 Å². The summed E-state index contributed by atoms with van der Waals surface area (Å²) in [5.41, 5.74) is 24.1. The quantitative estimate of drug-likeness (QED) is 0.142. The zero-order valence-corrected chi connectivity index (χ0v) is 70.7. The second kappa shape index (κ2) is 29.1. The molecule has 0 spiro atoms. The molecule has 6 nitrogen and oxygen atoms in total. The molecule has 0 N–H and O–H groups in total. The van der Waals surface area contributed by atoms with Crippen molar-refractivity contribution < 1.29 is 0 Å². The van der Waals surface area contributed by atoms with Gasteiger partial charge in [-0.3, -0.25) is 0 Å². The van der Waals surface area contributed by atoms with E-state index in [1.54, 1.807) is 0 Å². The zero-order chi connectivity index (χ0) is 85.2. The van der Waals surface area contributed by atoms with Crippen LogP contribution in [0, 0.1) is 0 Å². The van der Waals surface area contributed by atoms with Crippen molar-refractivity contribution in [3.05, 3.63) is 473 Å². The van der Waals surface area contributed by atoms with E-state index >= 15 is 0 Å². The summed E-state index contributed by atoms with van der Waals surface area (Å²) in [5.74, 6) is 0. The van der Waals surface area contributed by atoms with Gasteiger partial charge in [-0.25, -0.2) is 0 Å². The fourth-order valence-corrected chi connectivity index (χ4v) is 21.9. The molecule has 23 aromatic carbocycles. The molecule has 29 rings (SSSR count). The average molecular weight is 1650 g/mol. The van der Waals surface area contributed by atoms with Crippen LogP contribution in [0.15, 0.2) is 473 Å². The first-order valence-corrected chi connectivity index (χ1v) is 44.9. The van der Waals surface area contributed by atoms with E-state index in [0.717, 1.165) is 5.69 Å². The Labute approximate surface area is 746 Å². The van der Waals surface area contributed by atoms with E-state index in [4.69, 9.17) is 0 Å². The van der Waals surface area contributed by atoms with E-state index in [2.05, 4.69) is 501 Å². The van der Waals surface area contributed by atoms with Crippen LogP contribution in [0.2, 0.25) is 0 Å².